The normalized spacial score (nSPS) is 10.6. The van der Waals surface area contributed by atoms with Crippen LogP contribution in [0.3, 0.4) is 0 Å². The Morgan fingerprint density at radius 3 is 2.58 bits per heavy atom. The largest absolute Gasteiger partial charge is 0.497 e. The summed E-state index contributed by atoms with van der Waals surface area (Å²) in [6.45, 7) is -0.455. The van der Waals surface area contributed by atoms with E-state index in [1.807, 2.05) is 6.07 Å². The Kier molecular flexibility index (Phi) is 6.77. The Balaban J connectivity index is 1.57. The van der Waals surface area contributed by atoms with Gasteiger partial charge in [-0.15, -0.1) is 0 Å². The molecule has 1 heterocycles. The van der Waals surface area contributed by atoms with Gasteiger partial charge in [-0.05, 0) is 42.5 Å². The van der Waals surface area contributed by atoms with Crippen molar-refractivity contribution in [2.24, 2.45) is 0 Å². The number of nitrogens with zero attached hydrogens (tertiary/aromatic N) is 1. The topological polar surface area (TPSA) is 77.5 Å². The lowest BCUT2D eigenvalue weighted by atomic mass is 10.0. The molecule has 1 aromatic heterocycles. The first-order valence-corrected chi connectivity index (χ1v) is 10.7. The van der Waals surface area contributed by atoms with Gasteiger partial charge in [-0.25, -0.2) is 9.78 Å². The Hall–Kier alpha value is -3.61. The molecule has 0 saturated heterocycles. The van der Waals surface area contributed by atoms with E-state index < -0.39 is 18.5 Å². The number of carbonyl (C=O) groups excluding carboxylic acids is 2. The molecule has 166 valence electrons. The fourth-order valence-electron chi connectivity index (χ4n) is 3.29. The Labute approximate surface area is 200 Å². The van der Waals surface area contributed by atoms with Crippen molar-refractivity contribution in [2.75, 3.05) is 19.0 Å². The van der Waals surface area contributed by atoms with Gasteiger partial charge in [0, 0.05) is 27.7 Å². The zero-order valence-corrected chi connectivity index (χ0v) is 19.0. The highest BCUT2D eigenvalue weighted by Gasteiger charge is 2.18. The van der Waals surface area contributed by atoms with Crippen molar-refractivity contribution >= 4 is 51.7 Å². The third-order valence-electron chi connectivity index (χ3n) is 4.83. The summed E-state index contributed by atoms with van der Waals surface area (Å²) >= 11 is 12.3. The third kappa shape index (κ3) is 5.25. The summed E-state index contributed by atoms with van der Waals surface area (Å²) in [7, 11) is 1.53. The summed E-state index contributed by atoms with van der Waals surface area (Å²) in [5.74, 6) is -0.530. The van der Waals surface area contributed by atoms with Crippen LogP contribution < -0.4 is 10.1 Å². The van der Waals surface area contributed by atoms with Crippen LogP contribution >= 0.6 is 23.2 Å². The molecule has 0 bridgehead atoms. The van der Waals surface area contributed by atoms with E-state index in [9.17, 15) is 9.59 Å². The maximum absolute atomic E-state index is 12.9. The average Bonchev–Trinajstić information content (AvgIpc) is 2.82. The molecule has 0 aliphatic carbocycles. The van der Waals surface area contributed by atoms with Crippen molar-refractivity contribution < 1.29 is 19.1 Å². The second kappa shape index (κ2) is 9.90. The molecule has 3 aromatic carbocycles. The molecule has 33 heavy (non-hydrogen) atoms. The highest BCUT2D eigenvalue weighted by atomic mass is 35.5. The predicted molar refractivity (Wildman–Crippen MR) is 129 cm³/mol. The summed E-state index contributed by atoms with van der Waals surface area (Å²) < 4.78 is 10.4. The minimum atomic E-state index is -0.652. The van der Waals surface area contributed by atoms with Crippen molar-refractivity contribution in [2.45, 2.75) is 0 Å². The SMILES string of the molecule is COc1cccc(NC(=O)COC(=O)c2cc(-c3ccc(Cl)cc3Cl)nc3ccccc23)c1. The van der Waals surface area contributed by atoms with Crippen molar-refractivity contribution in [1.82, 2.24) is 4.98 Å². The molecule has 1 N–H and O–H groups in total. The van der Waals surface area contributed by atoms with Crippen molar-refractivity contribution in [1.29, 1.82) is 0 Å². The van der Waals surface area contributed by atoms with E-state index in [0.717, 1.165) is 0 Å². The summed E-state index contributed by atoms with van der Waals surface area (Å²) in [5.41, 5.74) is 2.51. The standard InChI is InChI=1S/C25H18Cl2N2O4/c1-32-17-6-4-5-16(12-17)28-24(30)14-33-25(31)20-13-23(19-10-9-15(26)11-21(19)27)29-22-8-3-2-7-18(20)22/h2-13H,14H2,1H3,(H,28,30). The second-order valence-corrected chi connectivity index (χ2v) is 7.90. The number of nitrogens with one attached hydrogen (secondary N) is 1. The molecule has 0 spiro atoms. The Bertz CT molecular complexity index is 1360. The monoisotopic (exact) mass is 480 g/mol. The number of hydrogen-bond acceptors (Lipinski definition) is 5. The molecule has 0 aliphatic rings. The number of amides is 1. The third-order valence-corrected chi connectivity index (χ3v) is 5.38. The van der Waals surface area contributed by atoms with Gasteiger partial charge >= 0.3 is 5.97 Å². The van der Waals surface area contributed by atoms with Crippen LogP contribution in [0.5, 0.6) is 5.75 Å². The minimum Gasteiger partial charge on any atom is -0.497 e. The van der Waals surface area contributed by atoms with E-state index in [1.165, 1.54) is 7.11 Å². The molecule has 0 atom stereocenters. The molecule has 0 aliphatic heterocycles. The van der Waals surface area contributed by atoms with Crippen molar-refractivity contribution in [3.63, 3.8) is 0 Å². The fraction of sp³-hybridized carbons (Fsp3) is 0.0800. The van der Waals surface area contributed by atoms with Gasteiger partial charge in [0.2, 0.25) is 0 Å². The smallest absolute Gasteiger partial charge is 0.339 e. The Morgan fingerprint density at radius 1 is 0.970 bits per heavy atom. The van der Waals surface area contributed by atoms with Gasteiger partial charge in [0.25, 0.3) is 5.91 Å². The molecule has 6 nitrogen and oxygen atoms in total. The second-order valence-electron chi connectivity index (χ2n) is 7.05. The molecule has 0 fully saturated rings. The summed E-state index contributed by atoms with van der Waals surface area (Å²) in [6.07, 6.45) is 0. The number of aromatic nitrogens is 1. The quantitative estimate of drug-likeness (QED) is 0.341. The van der Waals surface area contributed by atoms with E-state index in [-0.39, 0.29) is 5.56 Å². The number of pyridine rings is 1. The highest BCUT2D eigenvalue weighted by molar-refractivity contribution is 6.36. The van der Waals surface area contributed by atoms with E-state index in [2.05, 4.69) is 10.3 Å². The Morgan fingerprint density at radius 2 is 1.79 bits per heavy atom. The number of para-hydroxylation sites is 1. The number of hydrogen-bond donors (Lipinski definition) is 1. The zero-order valence-electron chi connectivity index (χ0n) is 17.5. The number of rotatable bonds is 6. The lowest BCUT2D eigenvalue weighted by Crippen LogP contribution is -2.21. The molecule has 0 radical (unpaired) electrons. The molecule has 1 amide bonds. The van der Waals surface area contributed by atoms with Crippen LogP contribution in [0.2, 0.25) is 10.0 Å². The van der Waals surface area contributed by atoms with Gasteiger partial charge in [0.05, 0.1) is 28.9 Å². The maximum atomic E-state index is 12.9. The van der Waals surface area contributed by atoms with Gasteiger partial charge in [-0.3, -0.25) is 4.79 Å². The number of fused-ring (bicyclic) bond motifs is 1. The van der Waals surface area contributed by atoms with E-state index in [0.29, 0.717) is 43.6 Å². The van der Waals surface area contributed by atoms with Crippen LogP contribution in [0, 0.1) is 0 Å². The number of benzene rings is 3. The van der Waals surface area contributed by atoms with Gasteiger partial charge < -0.3 is 14.8 Å². The van der Waals surface area contributed by atoms with E-state index >= 15 is 0 Å². The molecular weight excluding hydrogens is 463 g/mol. The number of carbonyl (C=O) groups is 2. The fourth-order valence-corrected chi connectivity index (χ4v) is 3.79. The first-order chi connectivity index (χ1) is 15.9. The van der Waals surface area contributed by atoms with E-state index in [4.69, 9.17) is 32.7 Å². The molecule has 4 rings (SSSR count). The molecule has 4 aromatic rings. The highest BCUT2D eigenvalue weighted by Crippen LogP contribution is 2.32. The van der Waals surface area contributed by atoms with Crippen LogP contribution in [0.1, 0.15) is 10.4 Å². The van der Waals surface area contributed by atoms with E-state index in [1.54, 1.807) is 66.7 Å². The van der Waals surface area contributed by atoms with Gasteiger partial charge in [-0.1, -0.05) is 47.5 Å². The zero-order chi connectivity index (χ0) is 23.4. The predicted octanol–water partition coefficient (Wildman–Crippen LogP) is 6.01. The summed E-state index contributed by atoms with van der Waals surface area (Å²) in [5, 5.41) is 4.17. The number of halogens is 2. The van der Waals surface area contributed by atoms with Crippen LogP contribution in [0.4, 0.5) is 5.69 Å². The average molecular weight is 481 g/mol. The number of ether oxygens (including phenoxy) is 2. The summed E-state index contributed by atoms with van der Waals surface area (Å²) in [6, 6.07) is 20.7. The first kappa shape index (κ1) is 22.6. The lowest BCUT2D eigenvalue weighted by Gasteiger charge is -2.11. The number of esters is 1. The van der Waals surface area contributed by atoms with Crippen molar-refractivity contribution in [3.05, 3.63) is 88.4 Å². The van der Waals surface area contributed by atoms with Gasteiger partial charge in [-0.2, -0.15) is 0 Å². The van der Waals surface area contributed by atoms with Crippen LogP contribution in [-0.2, 0) is 9.53 Å². The maximum Gasteiger partial charge on any atom is 0.339 e. The minimum absolute atomic E-state index is 0.274. The molecule has 0 saturated carbocycles. The molecular formula is C25H18Cl2N2O4. The lowest BCUT2D eigenvalue weighted by molar-refractivity contribution is -0.119. The molecule has 0 unspecified atom stereocenters. The van der Waals surface area contributed by atoms with Crippen LogP contribution in [-0.4, -0.2) is 30.6 Å². The molecule has 8 heteroatoms. The van der Waals surface area contributed by atoms with Crippen LogP contribution in [0.25, 0.3) is 22.2 Å². The van der Waals surface area contributed by atoms with Crippen LogP contribution in [0.15, 0.2) is 72.8 Å². The van der Waals surface area contributed by atoms with Gasteiger partial charge in [0.1, 0.15) is 5.75 Å². The number of anilines is 1. The summed E-state index contributed by atoms with van der Waals surface area (Å²) in [4.78, 5) is 29.9. The first-order valence-electron chi connectivity index (χ1n) is 9.91. The van der Waals surface area contributed by atoms with Crippen molar-refractivity contribution in [3.8, 4) is 17.0 Å². The van der Waals surface area contributed by atoms with Gasteiger partial charge in [0.15, 0.2) is 6.61 Å². The number of methoxy groups -OCH3 is 1.